The molecule has 1 atom stereocenters. The van der Waals surface area contributed by atoms with Gasteiger partial charge in [0.1, 0.15) is 23.4 Å². The zero-order valence-electron chi connectivity index (χ0n) is 15.8. The number of hydrogen-bond donors (Lipinski definition) is 3. The van der Waals surface area contributed by atoms with E-state index in [1.807, 2.05) is 6.92 Å². The third-order valence-corrected chi connectivity index (χ3v) is 4.20. The van der Waals surface area contributed by atoms with Gasteiger partial charge in [-0.3, -0.25) is 14.7 Å². The molecule has 2 amide bonds. The fourth-order valence-corrected chi connectivity index (χ4v) is 2.78. The number of nitrogens with one attached hydrogen (secondary N) is 2. The van der Waals surface area contributed by atoms with Gasteiger partial charge in [-0.15, -0.1) is 0 Å². The molecule has 0 spiro atoms. The number of aromatic nitrogens is 2. The van der Waals surface area contributed by atoms with Gasteiger partial charge in [0, 0.05) is 12.1 Å². The van der Waals surface area contributed by atoms with Crippen molar-refractivity contribution < 1.29 is 18.7 Å². The van der Waals surface area contributed by atoms with Crippen LogP contribution in [0.25, 0.3) is 0 Å². The number of aryl methyl sites for hydroxylation is 1. The summed E-state index contributed by atoms with van der Waals surface area (Å²) in [6.45, 7) is 1.81. The van der Waals surface area contributed by atoms with Crippen molar-refractivity contribution in [2.24, 2.45) is 5.73 Å². The van der Waals surface area contributed by atoms with Crippen LogP contribution in [-0.2, 0) is 22.4 Å². The van der Waals surface area contributed by atoms with Gasteiger partial charge < -0.3 is 15.8 Å². The summed E-state index contributed by atoms with van der Waals surface area (Å²) in [6.07, 6.45) is 0.328. The molecule has 0 aliphatic rings. The van der Waals surface area contributed by atoms with Crippen molar-refractivity contribution in [2.45, 2.75) is 25.8 Å². The van der Waals surface area contributed by atoms with Crippen molar-refractivity contribution in [3.05, 3.63) is 77.4 Å². The largest absolute Gasteiger partial charge is 0.457 e. The van der Waals surface area contributed by atoms with Crippen molar-refractivity contribution in [1.82, 2.24) is 15.5 Å². The van der Waals surface area contributed by atoms with Crippen LogP contribution >= 0.6 is 0 Å². The van der Waals surface area contributed by atoms with E-state index >= 15 is 0 Å². The molecule has 0 aliphatic carbocycles. The Hall–Kier alpha value is -3.68. The smallest absolute Gasteiger partial charge is 0.240 e. The van der Waals surface area contributed by atoms with E-state index in [1.165, 1.54) is 24.3 Å². The van der Waals surface area contributed by atoms with E-state index in [0.29, 0.717) is 17.2 Å². The zero-order valence-corrected chi connectivity index (χ0v) is 15.8. The maximum atomic E-state index is 13.0. The minimum Gasteiger partial charge on any atom is -0.457 e. The number of halogens is 1. The highest BCUT2D eigenvalue weighted by Gasteiger charge is 2.19. The molecule has 0 radical (unpaired) electrons. The number of H-pyrrole nitrogens is 1. The Morgan fingerprint density at radius 2 is 1.76 bits per heavy atom. The van der Waals surface area contributed by atoms with Gasteiger partial charge in [0.25, 0.3) is 0 Å². The molecule has 0 saturated carbocycles. The van der Waals surface area contributed by atoms with Crippen molar-refractivity contribution >= 4 is 11.8 Å². The highest BCUT2D eigenvalue weighted by molar-refractivity contribution is 5.87. The van der Waals surface area contributed by atoms with Crippen LogP contribution in [0, 0.1) is 12.7 Å². The van der Waals surface area contributed by atoms with E-state index < -0.39 is 11.9 Å². The average molecular weight is 396 g/mol. The maximum absolute atomic E-state index is 13.0. The average Bonchev–Trinajstić information content (AvgIpc) is 3.09. The van der Waals surface area contributed by atoms with E-state index in [4.69, 9.17) is 10.5 Å². The molecule has 150 valence electrons. The number of rotatable bonds is 8. The molecule has 29 heavy (non-hydrogen) atoms. The zero-order chi connectivity index (χ0) is 20.8. The first kappa shape index (κ1) is 20.1. The summed E-state index contributed by atoms with van der Waals surface area (Å²) in [5.41, 5.74) is 7.69. The second-order valence-corrected chi connectivity index (χ2v) is 6.64. The van der Waals surface area contributed by atoms with Gasteiger partial charge in [-0.1, -0.05) is 12.1 Å². The normalized spacial score (nSPS) is 11.7. The quantitative estimate of drug-likeness (QED) is 0.543. The van der Waals surface area contributed by atoms with E-state index in [-0.39, 0.29) is 24.6 Å². The fourth-order valence-electron chi connectivity index (χ4n) is 2.78. The van der Waals surface area contributed by atoms with Crippen LogP contribution in [0.4, 0.5) is 4.39 Å². The number of ether oxygens (including phenoxy) is 1. The van der Waals surface area contributed by atoms with Crippen molar-refractivity contribution in [3.8, 4) is 11.5 Å². The molecule has 3 rings (SSSR count). The fraction of sp³-hybridized carbons (Fsp3) is 0.190. The first-order valence-electron chi connectivity index (χ1n) is 9.01. The topological polar surface area (TPSA) is 110 Å². The molecule has 7 nitrogen and oxygen atoms in total. The predicted octanol–water partition coefficient (Wildman–Crippen LogP) is 2.40. The Balaban J connectivity index is 1.58. The molecular formula is C21H21FN4O3. The van der Waals surface area contributed by atoms with Crippen LogP contribution in [0.15, 0.2) is 54.6 Å². The lowest BCUT2D eigenvalue weighted by Gasteiger charge is -2.16. The van der Waals surface area contributed by atoms with Gasteiger partial charge in [-0.25, -0.2) is 4.39 Å². The molecule has 0 fully saturated rings. The second kappa shape index (κ2) is 9.01. The van der Waals surface area contributed by atoms with E-state index in [0.717, 1.165) is 11.3 Å². The van der Waals surface area contributed by atoms with Crippen LogP contribution in [0.5, 0.6) is 11.5 Å². The molecule has 3 aromatic rings. The molecule has 2 aromatic carbocycles. The first-order chi connectivity index (χ1) is 13.9. The Bertz CT molecular complexity index is 984. The Morgan fingerprint density at radius 3 is 2.31 bits per heavy atom. The van der Waals surface area contributed by atoms with Gasteiger partial charge in [0.2, 0.25) is 11.8 Å². The van der Waals surface area contributed by atoms with E-state index in [1.54, 1.807) is 30.3 Å². The number of hydrogen-bond acceptors (Lipinski definition) is 4. The summed E-state index contributed by atoms with van der Waals surface area (Å²) in [5.74, 6) is -0.209. The number of amides is 2. The van der Waals surface area contributed by atoms with Crippen LogP contribution in [0.1, 0.15) is 17.0 Å². The van der Waals surface area contributed by atoms with Gasteiger partial charge in [0.15, 0.2) is 0 Å². The van der Waals surface area contributed by atoms with E-state index in [9.17, 15) is 14.0 Å². The molecule has 8 heteroatoms. The lowest BCUT2D eigenvalue weighted by molar-refractivity contribution is -0.127. The number of benzene rings is 2. The highest BCUT2D eigenvalue weighted by Crippen LogP contribution is 2.22. The molecule has 0 bridgehead atoms. The lowest BCUT2D eigenvalue weighted by Crippen LogP contribution is -2.46. The second-order valence-electron chi connectivity index (χ2n) is 6.64. The van der Waals surface area contributed by atoms with Crippen molar-refractivity contribution in [3.63, 3.8) is 0 Å². The van der Waals surface area contributed by atoms with Crippen molar-refractivity contribution in [2.75, 3.05) is 0 Å². The third kappa shape index (κ3) is 5.90. The van der Waals surface area contributed by atoms with Gasteiger partial charge in [-0.2, -0.15) is 5.10 Å². The summed E-state index contributed by atoms with van der Waals surface area (Å²) in [4.78, 5) is 24.0. The molecule has 1 heterocycles. The maximum Gasteiger partial charge on any atom is 0.240 e. The standard InChI is InChI=1S/C21H21FN4O3/c1-13-10-16(26-25-13)12-20(27)24-19(21(23)28)11-14-2-6-17(7-3-14)29-18-8-4-15(22)5-9-18/h2-10,19H,11-12H2,1H3,(H2,23,28)(H,24,27)(H,25,26). The van der Waals surface area contributed by atoms with Gasteiger partial charge >= 0.3 is 0 Å². The van der Waals surface area contributed by atoms with E-state index in [2.05, 4.69) is 15.5 Å². The molecule has 1 unspecified atom stereocenters. The summed E-state index contributed by atoms with van der Waals surface area (Å²) in [6, 6.07) is 13.6. The van der Waals surface area contributed by atoms with Gasteiger partial charge in [0.05, 0.1) is 12.1 Å². The number of nitrogens with zero attached hydrogens (tertiary/aromatic N) is 1. The van der Waals surface area contributed by atoms with Crippen LogP contribution in [-0.4, -0.2) is 28.1 Å². The Morgan fingerprint density at radius 1 is 1.14 bits per heavy atom. The molecule has 0 aliphatic heterocycles. The van der Waals surface area contributed by atoms with Gasteiger partial charge in [-0.05, 0) is 55.0 Å². The third-order valence-electron chi connectivity index (χ3n) is 4.20. The summed E-state index contributed by atoms with van der Waals surface area (Å²) in [7, 11) is 0. The molecular weight excluding hydrogens is 375 g/mol. The molecule has 4 N–H and O–H groups in total. The minimum atomic E-state index is -0.838. The Labute approximate surface area is 167 Å². The molecule has 0 saturated heterocycles. The number of nitrogens with two attached hydrogens (primary N) is 1. The van der Waals surface area contributed by atoms with Crippen LogP contribution in [0.2, 0.25) is 0 Å². The number of carbonyl (C=O) groups excluding carboxylic acids is 2. The lowest BCUT2D eigenvalue weighted by atomic mass is 10.0. The summed E-state index contributed by atoms with van der Waals surface area (Å²) < 4.78 is 18.6. The number of carbonyl (C=O) groups is 2. The van der Waals surface area contributed by atoms with Crippen LogP contribution < -0.4 is 15.8 Å². The molecule has 1 aromatic heterocycles. The highest BCUT2D eigenvalue weighted by atomic mass is 19.1. The predicted molar refractivity (Wildman–Crippen MR) is 105 cm³/mol. The van der Waals surface area contributed by atoms with Crippen LogP contribution in [0.3, 0.4) is 0 Å². The Kier molecular flexibility index (Phi) is 6.23. The van der Waals surface area contributed by atoms with Crippen molar-refractivity contribution in [1.29, 1.82) is 0 Å². The number of primary amides is 1. The number of aromatic amines is 1. The first-order valence-corrected chi connectivity index (χ1v) is 9.01. The summed E-state index contributed by atoms with van der Waals surface area (Å²) in [5, 5.41) is 9.38. The minimum absolute atomic E-state index is 0.0784. The monoisotopic (exact) mass is 396 g/mol. The summed E-state index contributed by atoms with van der Waals surface area (Å²) >= 11 is 0. The SMILES string of the molecule is Cc1cc(CC(=O)NC(Cc2ccc(Oc3ccc(F)cc3)cc2)C(N)=O)[nH]n1.